The van der Waals surface area contributed by atoms with Crippen LogP contribution in [0.1, 0.15) is 53.5 Å². The third-order valence-electron chi connectivity index (χ3n) is 6.97. The molecular weight excluding hydrogens is 408 g/mol. The summed E-state index contributed by atoms with van der Waals surface area (Å²) < 4.78 is 13.3. The smallest absolute Gasteiger partial charge is 0.274 e. The van der Waals surface area contributed by atoms with Gasteiger partial charge in [-0.25, -0.2) is 4.98 Å². The summed E-state index contributed by atoms with van der Waals surface area (Å²) in [6.07, 6.45) is 5.33. The van der Waals surface area contributed by atoms with E-state index in [1.807, 2.05) is 38.6 Å². The number of methoxy groups -OCH3 is 1. The number of rotatable bonds is 4. The molecular formula is C24H30N4O4. The van der Waals surface area contributed by atoms with Crippen LogP contribution in [0.4, 0.5) is 0 Å². The summed E-state index contributed by atoms with van der Waals surface area (Å²) in [5.74, 6) is 1.07. The summed E-state index contributed by atoms with van der Waals surface area (Å²) in [6, 6.07) is 7.86. The molecule has 0 aliphatic carbocycles. The number of hydrogen-bond donors (Lipinski definition) is 0. The number of fused-ring (bicyclic) bond motifs is 1. The molecule has 3 aliphatic heterocycles. The largest absolute Gasteiger partial charge is 0.497 e. The minimum absolute atomic E-state index is 0.0432. The van der Waals surface area contributed by atoms with Crippen molar-refractivity contribution in [2.45, 2.75) is 44.9 Å². The number of piperidine rings is 1. The minimum atomic E-state index is -0.0853. The van der Waals surface area contributed by atoms with Gasteiger partial charge in [0.25, 0.3) is 5.91 Å². The molecule has 170 valence electrons. The van der Waals surface area contributed by atoms with E-state index >= 15 is 0 Å². The van der Waals surface area contributed by atoms with Gasteiger partial charge >= 0.3 is 0 Å². The fourth-order valence-electron chi connectivity index (χ4n) is 5.00. The quantitative estimate of drug-likeness (QED) is 0.734. The monoisotopic (exact) mass is 438 g/mol. The molecule has 2 saturated heterocycles. The second kappa shape index (κ2) is 8.94. The molecule has 0 radical (unpaired) electrons. The molecule has 5 rings (SSSR count). The Bertz CT molecular complexity index is 972. The van der Waals surface area contributed by atoms with Crippen LogP contribution in [0, 0.1) is 5.92 Å². The maximum absolute atomic E-state index is 13.2. The Morgan fingerprint density at radius 1 is 1.03 bits per heavy atom. The highest BCUT2D eigenvalue weighted by Gasteiger charge is 2.34. The number of aromatic nitrogens is 2. The van der Waals surface area contributed by atoms with Crippen LogP contribution in [0.3, 0.4) is 0 Å². The lowest BCUT2D eigenvalue weighted by Gasteiger charge is -2.33. The van der Waals surface area contributed by atoms with Gasteiger partial charge in [0.2, 0.25) is 5.91 Å². The Kier molecular flexibility index (Phi) is 5.87. The van der Waals surface area contributed by atoms with E-state index in [9.17, 15) is 9.59 Å². The van der Waals surface area contributed by atoms with Gasteiger partial charge in [-0.3, -0.25) is 9.59 Å². The molecule has 0 unspecified atom stereocenters. The molecule has 1 aromatic carbocycles. The van der Waals surface area contributed by atoms with Gasteiger partial charge in [0.15, 0.2) is 5.69 Å². The zero-order chi connectivity index (χ0) is 22.1. The molecule has 2 aromatic rings. The third kappa shape index (κ3) is 3.99. The van der Waals surface area contributed by atoms with Gasteiger partial charge in [-0.15, -0.1) is 0 Å². The van der Waals surface area contributed by atoms with Crippen LogP contribution in [0.15, 0.2) is 30.6 Å². The van der Waals surface area contributed by atoms with Crippen LogP contribution in [0.25, 0.3) is 0 Å². The van der Waals surface area contributed by atoms with Crippen molar-refractivity contribution in [1.82, 2.24) is 19.4 Å². The zero-order valence-electron chi connectivity index (χ0n) is 18.5. The van der Waals surface area contributed by atoms with Crippen molar-refractivity contribution < 1.29 is 19.1 Å². The molecule has 0 bridgehead atoms. The fourth-order valence-corrected chi connectivity index (χ4v) is 5.00. The molecule has 8 heteroatoms. The summed E-state index contributed by atoms with van der Waals surface area (Å²) >= 11 is 0. The molecule has 1 atom stereocenters. The number of carbonyl (C=O) groups is 2. The standard InChI is InChI=1S/C24H30N4O4/c1-31-19-6-4-17(5-7-19)21-14-28-16-25-22(20(28)15-32-21)24(30)27-12-8-18(9-13-27)23(29)26-10-2-3-11-26/h4-7,16,18,21H,2-3,8-15H2,1H3/t21-/m1/s1. The minimum Gasteiger partial charge on any atom is -0.497 e. The van der Waals surface area contributed by atoms with Crippen molar-refractivity contribution in [2.24, 2.45) is 5.92 Å². The van der Waals surface area contributed by atoms with Crippen molar-refractivity contribution in [3.05, 3.63) is 47.5 Å². The highest BCUT2D eigenvalue weighted by atomic mass is 16.5. The van der Waals surface area contributed by atoms with Gasteiger partial charge in [-0.1, -0.05) is 12.1 Å². The van der Waals surface area contributed by atoms with E-state index in [0.29, 0.717) is 31.9 Å². The number of hydrogen-bond acceptors (Lipinski definition) is 5. The van der Waals surface area contributed by atoms with Crippen LogP contribution < -0.4 is 4.74 Å². The zero-order valence-corrected chi connectivity index (χ0v) is 18.5. The third-order valence-corrected chi connectivity index (χ3v) is 6.97. The van der Waals surface area contributed by atoms with Crippen molar-refractivity contribution in [2.75, 3.05) is 33.3 Å². The second-order valence-corrected chi connectivity index (χ2v) is 8.86. The van der Waals surface area contributed by atoms with Crippen molar-refractivity contribution in [1.29, 1.82) is 0 Å². The number of imidazole rings is 1. The van der Waals surface area contributed by atoms with E-state index in [2.05, 4.69) is 4.98 Å². The van der Waals surface area contributed by atoms with Gasteiger partial charge in [0.1, 0.15) is 11.9 Å². The highest BCUT2D eigenvalue weighted by Crippen LogP contribution is 2.30. The Balaban J connectivity index is 1.21. The van der Waals surface area contributed by atoms with Crippen LogP contribution in [-0.4, -0.2) is 64.5 Å². The molecule has 0 saturated carbocycles. The summed E-state index contributed by atoms with van der Waals surface area (Å²) in [4.78, 5) is 34.1. The van der Waals surface area contributed by atoms with Crippen LogP contribution in [-0.2, 0) is 22.7 Å². The number of likely N-dealkylation sites (tertiary alicyclic amines) is 2. The van der Waals surface area contributed by atoms with E-state index in [1.165, 1.54) is 0 Å². The van der Waals surface area contributed by atoms with E-state index < -0.39 is 0 Å². The highest BCUT2D eigenvalue weighted by molar-refractivity contribution is 5.93. The maximum Gasteiger partial charge on any atom is 0.274 e. The molecule has 2 fully saturated rings. The number of amides is 2. The second-order valence-electron chi connectivity index (χ2n) is 8.86. The SMILES string of the molecule is COc1ccc([C@H]2Cn3cnc(C(=O)N4CCC(C(=O)N5CCCC5)CC4)c3CO2)cc1. The van der Waals surface area contributed by atoms with Gasteiger partial charge in [0.05, 0.1) is 32.3 Å². The van der Waals surface area contributed by atoms with Crippen molar-refractivity contribution in [3.8, 4) is 5.75 Å². The van der Waals surface area contributed by atoms with E-state index in [-0.39, 0.29) is 23.8 Å². The summed E-state index contributed by atoms with van der Waals surface area (Å²) in [5, 5.41) is 0. The van der Waals surface area contributed by atoms with Crippen LogP contribution in [0.2, 0.25) is 0 Å². The Hall–Kier alpha value is -2.87. The lowest BCUT2D eigenvalue weighted by molar-refractivity contribution is -0.135. The van der Waals surface area contributed by atoms with Gasteiger partial charge < -0.3 is 23.8 Å². The average molecular weight is 439 g/mol. The lowest BCUT2D eigenvalue weighted by Crippen LogP contribution is -2.44. The van der Waals surface area contributed by atoms with Gasteiger partial charge in [-0.05, 0) is 43.4 Å². The van der Waals surface area contributed by atoms with E-state index in [4.69, 9.17) is 9.47 Å². The summed E-state index contributed by atoms with van der Waals surface area (Å²) in [6.45, 7) is 3.94. The summed E-state index contributed by atoms with van der Waals surface area (Å²) in [5.41, 5.74) is 2.38. The van der Waals surface area contributed by atoms with E-state index in [1.54, 1.807) is 13.4 Å². The maximum atomic E-state index is 13.2. The lowest BCUT2D eigenvalue weighted by atomic mass is 9.95. The first-order chi connectivity index (χ1) is 15.6. The first-order valence-electron chi connectivity index (χ1n) is 11.5. The molecule has 0 spiro atoms. The number of benzene rings is 1. The normalized spacial score (nSPS) is 21.5. The molecule has 8 nitrogen and oxygen atoms in total. The Morgan fingerprint density at radius 2 is 1.75 bits per heavy atom. The number of nitrogens with zero attached hydrogens (tertiary/aromatic N) is 4. The fraction of sp³-hybridized carbons (Fsp3) is 0.542. The molecule has 32 heavy (non-hydrogen) atoms. The van der Waals surface area contributed by atoms with Gasteiger partial charge in [-0.2, -0.15) is 0 Å². The molecule has 1 aromatic heterocycles. The topological polar surface area (TPSA) is 76.9 Å². The first kappa shape index (κ1) is 21.0. The predicted molar refractivity (Wildman–Crippen MR) is 117 cm³/mol. The van der Waals surface area contributed by atoms with Crippen molar-refractivity contribution in [3.63, 3.8) is 0 Å². The number of carbonyl (C=O) groups excluding carboxylic acids is 2. The average Bonchev–Trinajstić information content (AvgIpc) is 3.53. The van der Waals surface area contributed by atoms with E-state index in [0.717, 1.165) is 55.8 Å². The predicted octanol–water partition coefficient (Wildman–Crippen LogP) is 2.64. The number of ether oxygens (including phenoxy) is 2. The molecule has 3 aliphatic rings. The Labute approximate surface area is 188 Å². The van der Waals surface area contributed by atoms with Crippen LogP contribution in [0.5, 0.6) is 5.75 Å². The first-order valence-corrected chi connectivity index (χ1v) is 11.5. The summed E-state index contributed by atoms with van der Waals surface area (Å²) in [7, 11) is 1.65. The molecule has 0 N–H and O–H groups in total. The molecule has 4 heterocycles. The van der Waals surface area contributed by atoms with Gasteiger partial charge in [0, 0.05) is 32.1 Å². The van der Waals surface area contributed by atoms with Crippen molar-refractivity contribution >= 4 is 11.8 Å². The Morgan fingerprint density at radius 3 is 2.44 bits per heavy atom. The van der Waals surface area contributed by atoms with Crippen LogP contribution >= 0.6 is 0 Å². The molecule has 2 amide bonds.